The van der Waals surface area contributed by atoms with Crippen molar-refractivity contribution >= 4 is 17.3 Å². The van der Waals surface area contributed by atoms with Gasteiger partial charge in [0.15, 0.2) is 0 Å². The molecule has 2 aromatic rings. The summed E-state index contributed by atoms with van der Waals surface area (Å²) in [4.78, 5) is 11.8. The monoisotopic (exact) mass is 244 g/mol. The van der Waals surface area contributed by atoms with E-state index < -0.39 is 0 Å². The number of hydrogen-bond acceptors (Lipinski definition) is 3. The predicted molar refractivity (Wildman–Crippen MR) is 71.1 cm³/mol. The molecule has 0 aliphatic heterocycles. The van der Waals surface area contributed by atoms with Gasteiger partial charge >= 0.3 is 0 Å². The van der Waals surface area contributed by atoms with Crippen LogP contribution in [-0.2, 0) is 17.8 Å². The zero-order valence-electron chi connectivity index (χ0n) is 10.3. The van der Waals surface area contributed by atoms with Gasteiger partial charge in [-0.15, -0.1) is 0 Å². The molecule has 5 heteroatoms. The van der Waals surface area contributed by atoms with Crippen molar-refractivity contribution in [2.45, 2.75) is 19.9 Å². The van der Waals surface area contributed by atoms with E-state index in [9.17, 15) is 4.79 Å². The Morgan fingerprint density at radius 2 is 2.11 bits per heavy atom. The van der Waals surface area contributed by atoms with Gasteiger partial charge in [0.1, 0.15) is 0 Å². The van der Waals surface area contributed by atoms with Crippen molar-refractivity contribution in [2.75, 3.05) is 11.1 Å². The minimum atomic E-state index is -0.0598. The molecule has 94 valence electrons. The maximum atomic E-state index is 11.8. The molecule has 0 spiro atoms. The van der Waals surface area contributed by atoms with Crippen LogP contribution in [0.3, 0.4) is 0 Å². The Morgan fingerprint density at radius 1 is 1.39 bits per heavy atom. The highest BCUT2D eigenvalue weighted by Gasteiger charge is 2.05. The van der Waals surface area contributed by atoms with Gasteiger partial charge in [0.05, 0.1) is 18.3 Å². The summed E-state index contributed by atoms with van der Waals surface area (Å²) in [7, 11) is 0. The van der Waals surface area contributed by atoms with E-state index >= 15 is 0 Å². The maximum Gasteiger partial charge on any atom is 0.228 e. The highest BCUT2D eigenvalue weighted by atomic mass is 16.1. The van der Waals surface area contributed by atoms with Crippen LogP contribution in [-0.4, -0.2) is 15.7 Å². The number of nitrogen functional groups attached to an aromatic ring is 1. The number of rotatable bonds is 4. The number of nitrogens with two attached hydrogens (primary N) is 1. The molecular formula is C13H16N4O. The van der Waals surface area contributed by atoms with Crippen LogP contribution < -0.4 is 11.1 Å². The van der Waals surface area contributed by atoms with Crippen LogP contribution in [0, 0.1) is 0 Å². The van der Waals surface area contributed by atoms with Gasteiger partial charge in [-0.1, -0.05) is 12.1 Å². The first kappa shape index (κ1) is 12.2. The fraction of sp³-hybridized carbons (Fsp3) is 0.231. The van der Waals surface area contributed by atoms with E-state index in [0.29, 0.717) is 12.1 Å². The molecule has 2 rings (SSSR count). The highest BCUT2D eigenvalue weighted by Crippen LogP contribution is 2.09. The molecule has 0 bridgehead atoms. The van der Waals surface area contributed by atoms with E-state index in [-0.39, 0.29) is 5.91 Å². The van der Waals surface area contributed by atoms with Crippen LogP contribution in [0.1, 0.15) is 12.5 Å². The minimum absolute atomic E-state index is 0.0598. The van der Waals surface area contributed by atoms with Gasteiger partial charge in [-0.2, -0.15) is 5.10 Å². The molecule has 0 atom stereocenters. The van der Waals surface area contributed by atoms with Gasteiger partial charge in [-0.3, -0.25) is 9.48 Å². The summed E-state index contributed by atoms with van der Waals surface area (Å²) in [6.45, 7) is 2.78. The summed E-state index contributed by atoms with van der Waals surface area (Å²) in [5.74, 6) is -0.0598. The SMILES string of the molecule is CCn1cc(NC(=O)Cc2ccc(N)cc2)cn1. The van der Waals surface area contributed by atoms with Crippen LogP contribution in [0.4, 0.5) is 11.4 Å². The smallest absolute Gasteiger partial charge is 0.228 e. The Bertz CT molecular complexity index is 530. The number of nitrogens with zero attached hydrogens (tertiary/aromatic N) is 2. The second kappa shape index (κ2) is 5.35. The van der Waals surface area contributed by atoms with E-state index in [1.165, 1.54) is 0 Å². The summed E-state index contributed by atoms with van der Waals surface area (Å²) in [6.07, 6.45) is 3.78. The second-order valence-electron chi connectivity index (χ2n) is 4.05. The highest BCUT2D eigenvalue weighted by molar-refractivity contribution is 5.92. The molecule has 1 aromatic carbocycles. The van der Waals surface area contributed by atoms with Crippen molar-refractivity contribution in [1.29, 1.82) is 0 Å². The molecule has 0 aliphatic rings. The third-order valence-electron chi connectivity index (χ3n) is 2.59. The average molecular weight is 244 g/mol. The predicted octanol–water partition coefficient (Wildman–Crippen LogP) is 1.67. The van der Waals surface area contributed by atoms with Crippen LogP contribution >= 0.6 is 0 Å². The van der Waals surface area contributed by atoms with E-state index in [4.69, 9.17) is 5.73 Å². The van der Waals surface area contributed by atoms with Crippen molar-refractivity contribution in [3.8, 4) is 0 Å². The van der Waals surface area contributed by atoms with Gasteiger partial charge in [0.25, 0.3) is 0 Å². The number of carbonyl (C=O) groups excluding carboxylic acids is 1. The number of nitrogens with one attached hydrogen (secondary N) is 1. The Labute approximate surface area is 106 Å². The number of carbonyl (C=O) groups is 1. The van der Waals surface area contributed by atoms with Crippen molar-refractivity contribution in [3.63, 3.8) is 0 Å². The van der Waals surface area contributed by atoms with E-state index in [1.807, 2.05) is 19.1 Å². The molecule has 0 radical (unpaired) electrons. The van der Waals surface area contributed by atoms with Crippen LogP contribution in [0.5, 0.6) is 0 Å². The van der Waals surface area contributed by atoms with E-state index in [1.54, 1.807) is 29.2 Å². The van der Waals surface area contributed by atoms with E-state index in [0.717, 1.165) is 17.8 Å². The first-order valence-corrected chi connectivity index (χ1v) is 5.84. The summed E-state index contributed by atoms with van der Waals surface area (Å²) in [6, 6.07) is 7.28. The fourth-order valence-corrected chi connectivity index (χ4v) is 1.63. The van der Waals surface area contributed by atoms with Gasteiger partial charge < -0.3 is 11.1 Å². The third-order valence-corrected chi connectivity index (χ3v) is 2.59. The Hall–Kier alpha value is -2.30. The van der Waals surface area contributed by atoms with E-state index in [2.05, 4.69) is 10.4 Å². The van der Waals surface area contributed by atoms with Crippen molar-refractivity contribution in [3.05, 3.63) is 42.2 Å². The number of amides is 1. The van der Waals surface area contributed by atoms with Crippen LogP contribution in [0.15, 0.2) is 36.7 Å². The minimum Gasteiger partial charge on any atom is -0.399 e. The van der Waals surface area contributed by atoms with Crippen molar-refractivity contribution in [1.82, 2.24) is 9.78 Å². The fourth-order valence-electron chi connectivity index (χ4n) is 1.63. The molecule has 1 amide bonds. The second-order valence-corrected chi connectivity index (χ2v) is 4.05. The maximum absolute atomic E-state index is 11.8. The summed E-state index contributed by atoms with van der Waals surface area (Å²) >= 11 is 0. The molecule has 1 heterocycles. The summed E-state index contributed by atoms with van der Waals surface area (Å²) < 4.78 is 1.76. The Morgan fingerprint density at radius 3 is 2.72 bits per heavy atom. The molecule has 5 nitrogen and oxygen atoms in total. The van der Waals surface area contributed by atoms with Crippen LogP contribution in [0.25, 0.3) is 0 Å². The zero-order chi connectivity index (χ0) is 13.0. The lowest BCUT2D eigenvalue weighted by atomic mass is 10.1. The number of aromatic nitrogens is 2. The van der Waals surface area contributed by atoms with Crippen molar-refractivity contribution in [2.24, 2.45) is 0 Å². The lowest BCUT2D eigenvalue weighted by molar-refractivity contribution is -0.115. The average Bonchev–Trinajstić information content (AvgIpc) is 2.79. The lowest BCUT2D eigenvalue weighted by Crippen LogP contribution is -2.13. The first-order valence-electron chi connectivity index (χ1n) is 5.84. The Kier molecular flexibility index (Phi) is 3.62. The molecule has 18 heavy (non-hydrogen) atoms. The molecule has 0 fully saturated rings. The van der Waals surface area contributed by atoms with Crippen LogP contribution in [0.2, 0.25) is 0 Å². The molecule has 1 aromatic heterocycles. The topological polar surface area (TPSA) is 72.9 Å². The number of aryl methyl sites for hydroxylation is 1. The third kappa shape index (κ3) is 3.10. The van der Waals surface area contributed by atoms with Gasteiger partial charge in [0, 0.05) is 18.4 Å². The molecule has 3 N–H and O–H groups in total. The van der Waals surface area contributed by atoms with Gasteiger partial charge in [0.2, 0.25) is 5.91 Å². The molecular weight excluding hydrogens is 228 g/mol. The zero-order valence-corrected chi connectivity index (χ0v) is 10.3. The lowest BCUT2D eigenvalue weighted by Gasteiger charge is -2.03. The molecule has 0 unspecified atom stereocenters. The summed E-state index contributed by atoms with van der Waals surface area (Å²) in [5, 5.41) is 6.90. The molecule has 0 aliphatic carbocycles. The standard InChI is InChI=1S/C13H16N4O/c1-2-17-9-12(8-15-17)16-13(18)7-10-3-5-11(14)6-4-10/h3-6,8-9H,2,7,14H2,1H3,(H,16,18). The Balaban J connectivity index is 1.94. The molecule has 0 saturated heterocycles. The number of anilines is 2. The number of benzene rings is 1. The molecule has 0 saturated carbocycles. The van der Waals surface area contributed by atoms with Gasteiger partial charge in [-0.05, 0) is 24.6 Å². The largest absolute Gasteiger partial charge is 0.399 e. The summed E-state index contributed by atoms with van der Waals surface area (Å²) in [5.41, 5.74) is 7.94. The quantitative estimate of drug-likeness (QED) is 0.803. The number of hydrogen-bond donors (Lipinski definition) is 2. The first-order chi connectivity index (χ1) is 8.67. The van der Waals surface area contributed by atoms with Gasteiger partial charge in [-0.25, -0.2) is 0 Å². The van der Waals surface area contributed by atoms with Crippen molar-refractivity contribution < 1.29 is 4.79 Å². The normalized spacial score (nSPS) is 10.3.